The van der Waals surface area contributed by atoms with Gasteiger partial charge in [-0.05, 0) is 50.6 Å². The zero-order chi connectivity index (χ0) is 23.8. The molecule has 0 aromatic heterocycles. The SMILES string of the molecule is COC(=O)[C@H](Cc1ccc(OC2CCN(c3ccccc3)CC2)cc1)NC(=O)OC(C)(C)C. The van der Waals surface area contributed by atoms with Gasteiger partial charge in [-0.25, -0.2) is 9.59 Å². The van der Waals surface area contributed by atoms with Crippen LogP contribution in [0.3, 0.4) is 0 Å². The van der Waals surface area contributed by atoms with Crippen molar-refractivity contribution in [2.24, 2.45) is 0 Å². The number of carbonyl (C=O) groups excluding carboxylic acids is 2. The molecule has 1 atom stereocenters. The van der Waals surface area contributed by atoms with Crippen molar-refractivity contribution in [1.82, 2.24) is 5.32 Å². The van der Waals surface area contributed by atoms with E-state index < -0.39 is 23.7 Å². The van der Waals surface area contributed by atoms with E-state index in [2.05, 4.69) is 34.5 Å². The summed E-state index contributed by atoms with van der Waals surface area (Å²) in [5.74, 6) is 0.276. The van der Waals surface area contributed by atoms with Crippen LogP contribution in [0.2, 0.25) is 0 Å². The highest BCUT2D eigenvalue weighted by atomic mass is 16.6. The van der Waals surface area contributed by atoms with Gasteiger partial charge in [0.05, 0.1) is 7.11 Å². The Kier molecular flexibility index (Phi) is 8.20. The topological polar surface area (TPSA) is 77.1 Å². The number of benzene rings is 2. The minimum absolute atomic E-state index is 0.174. The normalized spacial score (nSPS) is 15.5. The van der Waals surface area contributed by atoms with Gasteiger partial charge in [0.2, 0.25) is 0 Å². The van der Waals surface area contributed by atoms with Crippen LogP contribution in [0.5, 0.6) is 5.75 Å². The van der Waals surface area contributed by atoms with Gasteiger partial charge in [-0.1, -0.05) is 30.3 Å². The zero-order valence-corrected chi connectivity index (χ0v) is 19.9. The van der Waals surface area contributed by atoms with Gasteiger partial charge in [0.25, 0.3) is 0 Å². The second-order valence-corrected chi connectivity index (χ2v) is 9.21. The minimum atomic E-state index is -0.834. The summed E-state index contributed by atoms with van der Waals surface area (Å²) in [6, 6.07) is 17.2. The smallest absolute Gasteiger partial charge is 0.408 e. The van der Waals surface area contributed by atoms with Crippen LogP contribution in [-0.2, 0) is 20.7 Å². The molecule has 2 aromatic rings. The van der Waals surface area contributed by atoms with Crippen LogP contribution in [-0.4, -0.2) is 50.0 Å². The highest BCUT2D eigenvalue weighted by molar-refractivity contribution is 5.81. The fourth-order valence-corrected chi connectivity index (χ4v) is 3.79. The lowest BCUT2D eigenvalue weighted by atomic mass is 10.1. The Labute approximate surface area is 196 Å². The van der Waals surface area contributed by atoms with Crippen LogP contribution >= 0.6 is 0 Å². The Hall–Kier alpha value is -3.22. The second kappa shape index (κ2) is 11.1. The average molecular weight is 455 g/mol. The van der Waals surface area contributed by atoms with Crippen LogP contribution in [0.4, 0.5) is 10.5 Å². The Morgan fingerprint density at radius 2 is 1.67 bits per heavy atom. The van der Waals surface area contributed by atoms with E-state index in [9.17, 15) is 9.59 Å². The monoisotopic (exact) mass is 454 g/mol. The number of rotatable bonds is 7. The first-order valence-corrected chi connectivity index (χ1v) is 11.4. The molecule has 2 aromatic carbocycles. The maximum Gasteiger partial charge on any atom is 0.408 e. The average Bonchev–Trinajstić information content (AvgIpc) is 2.79. The Morgan fingerprint density at radius 1 is 1.03 bits per heavy atom. The number of carbonyl (C=O) groups is 2. The van der Waals surface area contributed by atoms with Gasteiger partial charge in [0.1, 0.15) is 23.5 Å². The number of nitrogens with zero attached hydrogens (tertiary/aromatic N) is 1. The van der Waals surface area contributed by atoms with Gasteiger partial charge in [-0.2, -0.15) is 0 Å². The van der Waals surface area contributed by atoms with Crippen molar-refractivity contribution in [3.05, 3.63) is 60.2 Å². The van der Waals surface area contributed by atoms with Crippen LogP contribution in [0, 0.1) is 0 Å². The minimum Gasteiger partial charge on any atom is -0.490 e. The molecule has 0 aliphatic carbocycles. The Morgan fingerprint density at radius 3 is 2.24 bits per heavy atom. The predicted octanol–water partition coefficient (Wildman–Crippen LogP) is 4.34. The van der Waals surface area contributed by atoms with Crippen LogP contribution < -0.4 is 15.0 Å². The highest BCUT2D eigenvalue weighted by Gasteiger charge is 2.25. The summed E-state index contributed by atoms with van der Waals surface area (Å²) in [4.78, 5) is 26.6. The molecule has 1 heterocycles. The maximum absolute atomic E-state index is 12.2. The molecule has 0 saturated carbocycles. The summed E-state index contributed by atoms with van der Waals surface area (Å²) in [5.41, 5.74) is 1.48. The lowest BCUT2D eigenvalue weighted by Gasteiger charge is -2.33. The number of nitrogens with one attached hydrogen (secondary N) is 1. The number of hydrogen-bond donors (Lipinski definition) is 1. The van der Waals surface area contributed by atoms with E-state index in [0.29, 0.717) is 6.42 Å². The molecule has 1 saturated heterocycles. The fraction of sp³-hybridized carbons (Fsp3) is 0.462. The first-order valence-electron chi connectivity index (χ1n) is 11.4. The maximum atomic E-state index is 12.2. The Balaban J connectivity index is 1.52. The first-order chi connectivity index (χ1) is 15.7. The summed E-state index contributed by atoms with van der Waals surface area (Å²) in [6.45, 7) is 7.23. The molecule has 1 aliphatic heterocycles. The third kappa shape index (κ3) is 7.70. The van der Waals surface area contributed by atoms with Crippen molar-refractivity contribution < 1.29 is 23.8 Å². The van der Waals surface area contributed by atoms with E-state index in [1.165, 1.54) is 12.8 Å². The molecule has 0 spiro atoms. The lowest BCUT2D eigenvalue weighted by Crippen LogP contribution is -2.45. The van der Waals surface area contributed by atoms with Gasteiger partial charge in [-0.15, -0.1) is 0 Å². The predicted molar refractivity (Wildman–Crippen MR) is 128 cm³/mol. The van der Waals surface area contributed by atoms with Gasteiger partial charge in [-0.3, -0.25) is 0 Å². The highest BCUT2D eigenvalue weighted by Crippen LogP contribution is 2.23. The summed E-state index contributed by atoms with van der Waals surface area (Å²) in [7, 11) is 1.30. The molecule has 3 rings (SSSR count). The molecule has 1 aliphatic rings. The number of anilines is 1. The number of alkyl carbamates (subject to hydrolysis) is 1. The van der Waals surface area contributed by atoms with Crippen LogP contribution in [0.15, 0.2) is 54.6 Å². The van der Waals surface area contributed by atoms with Gasteiger partial charge < -0.3 is 24.4 Å². The first kappa shape index (κ1) is 24.4. The molecular formula is C26H34N2O5. The van der Waals surface area contributed by atoms with E-state index in [4.69, 9.17) is 14.2 Å². The van der Waals surface area contributed by atoms with Crippen molar-refractivity contribution in [1.29, 1.82) is 0 Å². The van der Waals surface area contributed by atoms with Gasteiger partial charge in [0.15, 0.2) is 0 Å². The largest absolute Gasteiger partial charge is 0.490 e. The number of esters is 1. The summed E-state index contributed by atoms with van der Waals surface area (Å²) in [6.07, 6.45) is 1.73. The number of para-hydroxylation sites is 1. The molecule has 7 nitrogen and oxygen atoms in total. The standard InChI is InChI=1S/C26H34N2O5/c1-26(2,3)33-25(30)27-23(24(29)31-4)18-19-10-12-21(13-11-19)32-22-14-16-28(17-15-22)20-8-6-5-7-9-20/h5-13,22-23H,14-18H2,1-4H3,(H,27,30)/t23-/m0/s1. The molecule has 0 radical (unpaired) electrons. The summed E-state index contributed by atoms with van der Waals surface area (Å²) in [5, 5.41) is 2.60. The van der Waals surface area contributed by atoms with Crippen LogP contribution in [0.25, 0.3) is 0 Å². The van der Waals surface area contributed by atoms with Crippen molar-refractivity contribution in [3.8, 4) is 5.75 Å². The van der Waals surface area contributed by atoms with Gasteiger partial charge >= 0.3 is 12.1 Å². The number of amides is 1. The molecule has 1 fully saturated rings. The van der Waals surface area contributed by atoms with Crippen molar-refractivity contribution in [3.63, 3.8) is 0 Å². The Bertz CT molecular complexity index is 901. The molecule has 178 valence electrons. The number of piperidine rings is 1. The molecule has 1 amide bonds. The number of ether oxygens (including phenoxy) is 3. The number of hydrogen-bond acceptors (Lipinski definition) is 6. The zero-order valence-electron chi connectivity index (χ0n) is 19.9. The quantitative estimate of drug-likeness (QED) is 0.627. The van der Waals surface area contributed by atoms with Crippen molar-refractivity contribution in [2.75, 3.05) is 25.1 Å². The van der Waals surface area contributed by atoms with E-state index in [1.54, 1.807) is 20.8 Å². The summed E-state index contributed by atoms with van der Waals surface area (Å²) >= 11 is 0. The molecule has 1 N–H and O–H groups in total. The van der Waals surface area contributed by atoms with E-state index in [1.807, 2.05) is 30.3 Å². The van der Waals surface area contributed by atoms with E-state index in [-0.39, 0.29) is 6.10 Å². The van der Waals surface area contributed by atoms with Crippen LogP contribution in [0.1, 0.15) is 39.2 Å². The molecule has 0 bridgehead atoms. The number of methoxy groups -OCH3 is 1. The molecule has 7 heteroatoms. The molecule has 33 heavy (non-hydrogen) atoms. The fourth-order valence-electron chi connectivity index (χ4n) is 3.79. The molecular weight excluding hydrogens is 420 g/mol. The lowest BCUT2D eigenvalue weighted by molar-refractivity contribution is -0.143. The third-order valence-electron chi connectivity index (χ3n) is 5.41. The van der Waals surface area contributed by atoms with E-state index in [0.717, 1.165) is 37.2 Å². The van der Waals surface area contributed by atoms with E-state index >= 15 is 0 Å². The summed E-state index contributed by atoms with van der Waals surface area (Å²) < 4.78 is 16.3. The third-order valence-corrected chi connectivity index (χ3v) is 5.41. The van der Waals surface area contributed by atoms with Crippen molar-refractivity contribution in [2.45, 2.75) is 57.8 Å². The van der Waals surface area contributed by atoms with Crippen molar-refractivity contribution >= 4 is 17.7 Å². The molecule has 0 unspecified atom stereocenters. The van der Waals surface area contributed by atoms with Gasteiger partial charge in [0, 0.05) is 38.0 Å². The second-order valence-electron chi connectivity index (χ2n) is 9.21.